The van der Waals surface area contributed by atoms with Crippen LogP contribution in [0.1, 0.15) is 9.67 Å². The van der Waals surface area contributed by atoms with Crippen molar-refractivity contribution in [1.82, 2.24) is 0 Å². The van der Waals surface area contributed by atoms with Gasteiger partial charge in [-0.3, -0.25) is 0 Å². The summed E-state index contributed by atoms with van der Waals surface area (Å²) in [6, 6.07) is 1.30. The fraction of sp³-hybridized carbons (Fsp3) is 0.286. The van der Waals surface area contributed by atoms with Gasteiger partial charge in [0.15, 0.2) is 5.88 Å². The molecule has 0 amide bonds. The maximum atomic E-state index is 11.5. The van der Waals surface area contributed by atoms with Gasteiger partial charge in [0.05, 0.1) is 12.0 Å². The molecule has 0 radical (unpaired) electrons. The van der Waals surface area contributed by atoms with Crippen LogP contribution in [0.25, 0.3) is 0 Å². The molecule has 0 aliphatic heterocycles. The van der Waals surface area contributed by atoms with Crippen LogP contribution in [0.2, 0.25) is 0 Å². The number of ether oxygens (including phenoxy) is 1. The van der Waals surface area contributed by atoms with E-state index in [4.69, 9.17) is 5.53 Å². The fourth-order valence-electron chi connectivity index (χ4n) is 0.938. The third-order valence-electron chi connectivity index (χ3n) is 1.57. The monoisotopic (exact) mass is 248 g/mol. The zero-order valence-corrected chi connectivity index (χ0v) is 9.39. The Labute approximate surface area is 90.3 Å². The maximum absolute atomic E-state index is 11.5. The van der Waals surface area contributed by atoms with Gasteiger partial charge >= 0.3 is 5.97 Å². The lowest BCUT2D eigenvalue weighted by Crippen LogP contribution is -2.09. The highest BCUT2D eigenvalue weighted by molar-refractivity contribution is 7.91. The van der Waals surface area contributed by atoms with Gasteiger partial charge in [-0.25, -0.2) is 18.7 Å². The average molecular weight is 248 g/mol. The smallest absolute Gasteiger partial charge is 0.349 e. The third kappa shape index (κ3) is 2.39. The second-order valence-corrected chi connectivity index (χ2v) is 5.35. The molecule has 0 aromatic carbocycles. The number of hydrogen-bond acceptors (Lipinski definition) is 7. The van der Waals surface area contributed by atoms with E-state index in [1.54, 1.807) is 0 Å². The van der Waals surface area contributed by atoms with E-state index in [1.165, 1.54) is 18.6 Å². The normalized spacial score (nSPS) is 11.0. The van der Waals surface area contributed by atoms with Gasteiger partial charge in [-0.05, 0) is 11.4 Å². The largest absolute Gasteiger partial charge is 0.465 e. The number of esters is 1. The molecule has 1 N–H and O–H groups in total. The topological polar surface area (TPSA) is 96.7 Å². The molecule has 1 rings (SSSR count). The number of hydrogen-bond donors (Lipinski definition) is 1. The third-order valence-corrected chi connectivity index (χ3v) is 4.07. The molecule has 0 atom stereocenters. The van der Waals surface area contributed by atoms with E-state index >= 15 is 0 Å². The summed E-state index contributed by atoms with van der Waals surface area (Å²) in [4.78, 5) is 11.1. The Morgan fingerprint density at radius 2 is 2.33 bits per heavy atom. The summed E-state index contributed by atoms with van der Waals surface area (Å²) in [5.74, 6) is -1.36. The van der Waals surface area contributed by atoms with Crippen LogP contribution in [0.4, 0.5) is 0 Å². The van der Waals surface area contributed by atoms with E-state index in [0.29, 0.717) is 0 Å². The molecule has 1 heterocycles. The second-order valence-electron chi connectivity index (χ2n) is 2.51. The predicted octanol–water partition coefficient (Wildman–Crippen LogP) is 1.30. The molecule has 0 fully saturated rings. The second kappa shape index (κ2) is 4.49. The minimum atomic E-state index is -3.70. The van der Waals surface area contributed by atoms with Crippen molar-refractivity contribution in [2.24, 2.45) is 5.11 Å². The first-order valence-electron chi connectivity index (χ1n) is 3.74. The number of nitrogens with one attached hydrogen (secondary N) is 1. The van der Waals surface area contributed by atoms with Crippen LogP contribution < -0.4 is 0 Å². The molecule has 82 valence electrons. The minimum Gasteiger partial charge on any atom is -0.465 e. The lowest BCUT2D eigenvalue weighted by atomic mass is 10.5. The molecule has 0 aliphatic rings. The van der Waals surface area contributed by atoms with Crippen molar-refractivity contribution in [3.8, 4) is 0 Å². The van der Waals surface area contributed by atoms with E-state index in [-0.39, 0.29) is 9.77 Å². The van der Waals surface area contributed by atoms with Gasteiger partial charge < -0.3 is 4.74 Å². The van der Waals surface area contributed by atoms with Gasteiger partial charge in [0, 0.05) is 0 Å². The van der Waals surface area contributed by atoms with Crippen LogP contribution in [0.15, 0.2) is 21.5 Å². The van der Waals surface area contributed by atoms with Crippen LogP contribution >= 0.6 is 11.3 Å². The Hall–Kier alpha value is -1.28. The molecular weight excluding hydrogens is 240 g/mol. The van der Waals surface area contributed by atoms with Crippen LogP contribution in [-0.2, 0) is 14.6 Å². The Morgan fingerprint density at radius 3 is 2.87 bits per heavy atom. The molecule has 1 aromatic rings. The van der Waals surface area contributed by atoms with E-state index in [1.807, 2.05) is 0 Å². The minimum absolute atomic E-state index is 0.0150. The Balaban J connectivity index is 3.21. The van der Waals surface area contributed by atoms with Crippen molar-refractivity contribution >= 4 is 27.1 Å². The lowest BCUT2D eigenvalue weighted by Gasteiger charge is -2.00. The first kappa shape index (κ1) is 11.8. The van der Waals surface area contributed by atoms with Crippen molar-refractivity contribution < 1.29 is 17.9 Å². The van der Waals surface area contributed by atoms with Gasteiger partial charge in [-0.2, -0.15) is 5.11 Å². The zero-order chi connectivity index (χ0) is 11.5. The number of carbonyl (C=O) groups excluding carboxylic acids is 1. The van der Waals surface area contributed by atoms with Crippen LogP contribution in [-0.4, -0.2) is 27.4 Å². The van der Waals surface area contributed by atoms with Gasteiger partial charge in [-0.15, -0.1) is 11.3 Å². The highest BCUT2D eigenvalue weighted by Gasteiger charge is 2.24. The Kier molecular flexibility index (Phi) is 3.53. The quantitative estimate of drug-likeness (QED) is 0.641. The van der Waals surface area contributed by atoms with E-state index in [2.05, 4.69) is 9.85 Å². The predicted molar refractivity (Wildman–Crippen MR) is 52.9 cm³/mol. The molecule has 0 unspecified atom stereocenters. The van der Waals surface area contributed by atoms with Crippen molar-refractivity contribution in [1.29, 1.82) is 5.53 Å². The molecule has 6 nitrogen and oxygen atoms in total. The number of carbonyl (C=O) groups is 1. The van der Waals surface area contributed by atoms with Crippen molar-refractivity contribution in [2.75, 3.05) is 13.0 Å². The number of thiophene rings is 1. The standard InChI is InChI=1S/C7H8N2O4S2/c1-13-7(10)6-5(2-3-14-6)15(11,12)4-9-8/h2-3,8H,4H2,1H3. The summed E-state index contributed by atoms with van der Waals surface area (Å²) in [7, 11) is -2.52. The number of methoxy groups -OCH3 is 1. The first-order chi connectivity index (χ1) is 7.03. The number of rotatable bonds is 4. The first-order valence-corrected chi connectivity index (χ1v) is 6.28. The average Bonchev–Trinajstić information content (AvgIpc) is 2.65. The highest BCUT2D eigenvalue weighted by atomic mass is 32.2. The molecule has 0 saturated heterocycles. The summed E-state index contributed by atoms with van der Waals surface area (Å²) >= 11 is 0.978. The van der Waals surface area contributed by atoms with Gasteiger partial charge in [-0.1, -0.05) is 0 Å². The Morgan fingerprint density at radius 1 is 1.67 bits per heavy atom. The van der Waals surface area contributed by atoms with Crippen LogP contribution in [0.3, 0.4) is 0 Å². The molecule has 0 saturated carbocycles. The molecule has 0 spiro atoms. The Bertz CT molecular complexity index is 477. The highest BCUT2D eigenvalue weighted by Crippen LogP contribution is 2.23. The molecule has 0 bridgehead atoms. The van der Waals surface area contributed by atoms with Crippen molar-refractivity contribution in [2.45, 2.75) is 4.90 Å². The van der Waals surface area contributed by atoms with Crippen LogP contribution in [0, 0.1) is 5.53 Å². The summed E-state index contributed by atoms with van der Waals surface area (Å²) in [5, 5.41) is 4.28. The molecular formula is C7H8N2O4S2. The van der Waals surface area contributed by atoms with Gasteiger partial charge in [0.1, 0.15) is 4.88 Å². The van der Waals surface area contributed by atoms with E-state index in [0.717, 1.165) is 11.3 Å². The van der Waals surface area contributed by atoms with Gasteiger partial charge in [0.2, 0.25) is 9.84 Å². The SMILES string of the molecule is COC(=O)c1sccc1S(=O)(=O)CN=N. The summed E-state index contributed by atoms with van der Waals surface area (Å²) in [6.45, 7) is 0. The number of nitrogens with zero attached hydrogens (tertiary/aromatic N) is 1. The maximum Gasteiger partial charge on any atom is 0.349 e. The summed E-state index contributed by atoms with van der Waals surface area (Å²) < 4.78 is 27.5. The van der Waals surface area contributed by atoms with Crippen molar-refractivity contribution in [3.05, 3.63) is 16.3 Å². The van der Waals surface area contributed by atoms with E-state index in [9.17, 15) is 13.2 Å². The van der Waals surface area contributed by atoms with E-state index < -0.39 is 21.7 Å². The lowest BCUT2D eigenvalue weighted by molar-refractivity contribution is 0.0602. The zero-order valence-electron chi connectivity index (χ0n) is 7.76. The summed E-state index contributed by atoms with van der Waals surface area (Å²) in [5.41, 5.74) is 6.52. The number of sulfone groups is 1. The van der Waals surface area contributed by atoms with Gasteiger partial charge in [0.25, 0.3) is 0 Å². The molecule has 1 aromatic heterocycles. The van der Waals surface area contributed by atoms with Crippen molar-refractivity contribution in [3.63, 3.8) is 0 Å². The summed E-state index contributed by atoms with van der Waals surface area (Å²) in [6.07, 6.45) is 0. The fourth-order valence-corrected chi connectivity index (χ4v) is 3.20. The molecule has 8 heteroatoms. The van der Waals surface area contributed by atoms with Crippen LogP contribution in [0.5, 0.6) is 0 Å². The molecule has 15 heavy (non-hydrogen) atoms. The molecule has 0 aliphatic carbocycles.